The minimum Gasteiger partial charge on any atom is -0.330 e. The number of hydrogen-bond donors (Lipinski definition) is 1. The Morgan fingerprint density at radius 1 is 1.40 bits per heavy atom. The molecule has 0 aliphatic heterocycles. The molecular weight excluding hydrogens is 122 g/mol. The van der Waals surface area contributed by atoms with Gasteiger partial charge in [-0.25, -0.2) is 0 Å². The Morgan fingerprint density at radius 3 is 2.90 bits per heavy atom. The summed E-state index contributed by atoms with van der Waals surface area (Å²) in [4.78, 5) is 0. The number of hydrogen-bond acceptors (Lipinski definition) is 1. The first-order valence-corrected chi connectivity index (χ1v) is 3.50. The highest BCUT2D eigenvalue weighted by molar-refractivity contribution is 5.09. The molecule has 1 aromatic carbocycles. The lowest BCUT2D eigenvalue weighted by molar-refractivity contribution is 0.833. The van der Waals surface area contributed by atoms with Gasteiger partial charge in [0.15, 0.2) is 0 Å². The molecule has 0 aliphatic rings. The third kappa shape index (κ3) is 2.08. The van der Waals surface area contributed by atoms with E-state index in [1.165, 1.54) is 5.56 Å². The van der Waals surface area contributed by atoms with Crippen molar-refractivity contribution in [1.82, 2.24) is 0 Å². The van der Waals surface area contributed by atoms with Crippen LogP contribution in [0.2, 0.25) is 0 Å². The Balaban J connectivity index is 2.43. The van der Waals surface area contributed by atoms with E-state index >= 15 is 0 Å². The lowest BCUT2D eigenvalue weighted by Crippen LogP contribution is -1.99. The second-order valence-corrected chi connectivity index (χ2v) is 2.23. The van der Waals surface area contributed by atoms with E-state index in [9.17, 15) is 0 Å². The monoisotopic (exact) mass is 133 g/mol. The summed E-state index contributed by atoms with van der Waals surface area (Å²) in [6.45, 7) is 0.763. The summed E-state index contributed by atoms with van der Waals surface area (Å²) >= 11 is 0. The normalized spacial score (nSPS) is 8.90. The van der Waals surface area contributed by atoms with Crippen LogP contribution in [-0.2, 0) is 6.42 Å². The van der Waals surface area contributed by atoms with Crippen molar-refractivity contribution in [2.75, 3.05) is 6.54 Å². The van der Waals surface area contributed by atoms with Crippen molar-refractivity contribution in [2.24, 2.45) is 5.73 Å². The van der Waals surface area contributed by atoms with Gasteiger partial charge in [-0.1, -0.05) is 18.2 Å². The van der Waals surface area contributed by atoms with Crippen molar-refractivity contribution in [3.05, 3.63) is 35.9 Å². The summed E-state index contributed by atoms with van der Waals surface area (Å²) in [5.41, 5.74) is 6.65. The second kappa shape index (κ2) is 3.92. The number of nitrogens with two attached hydrogens (primary N) is 1. The third-order valence-electron chi connectivity index (χ3n) is 1.39. The van der Waals surface area contributed by atoms with Crippen molar-refractivity contribution in [3.63, 3.8) is 0 Å². The summed E-state index contributed by atoms with van der Waals surface area (Å²) < 4.78 is 0. The molecule has 0 radical (unpaired) electrons. The van der Waals surface area contributed by atoms with Gasteiger partial charge in [-0.2, -0.15) is 0 Å². The van der Waals surface area contributed by atoms with Crippen molar-refractivity contribution in [3.8, 4) is 0 Å². The van der Waals surface area contributed by atoms with Crippen LogP contribution < -0.4 is 5.73 Å². The van der Waals surface area contributed by atoms with Gasteiger partial charge >= 0.3 is 0 Å². The lowest BCUT2D eigenvalue weighted by Gasteiger charge is -1.94. The first kappa shape index (κ1) is 7.11. The van der Waals surface area contributed by atoms with Crippen molar-refractivity contribution in [2.45, 2.75) is 12.8 Å². The fraction of sp³-hybridized carbons (Fsp3) is 0.333. The Labute approximate surface area is 61.9 Å². The van der Waals surface area contributed by atoms with Gasteiger partial charge in [0, 0.05) is 0 Å². The Bertz CT molecular complexity index is 169. The van der Waals surface area contributed by atoms with Crippen LogP contribution in [0.3, 0.4) is 0 Å². The average Bonchev–Trinajstić information content (AvgIpc) is 2.03. The van der Waals surface area contributed by atoms with E-state index in [0.29, 0.717) is 0 Å². The van der Waals surface area contributed by atoms with E-state index in [1.807, 2.05) is 18.2 Å². The number of aryl methyl sites for hydroxylation is 1. The van der Waals surface area contributed by atoms with E-state index in [-0.39, 0.29) is 0 Å². The molecule has 0 bridgehead atoms. The van der Waals surface area contributed by atoms with Crippen molar-refractivity contribution in [1.29, 1.82) is 0 Å². The van der Waals surface area contributed by atoms with Gasteiger partial charge in [-0.3, -0.25) is 0 Å². The van der Waals surface area contributed by atoms with E-state index < -0.39 is 0 Å². The molecule has 0 heterocycles. The van der Waals surface area contributed by atoms with E-state index in [1.54, 1.807) is 0 Å². The maximum absolute atomic E-state index is 5.36. The van der Waals surface area contributed by atoms with Gasteiger partial charge in [0.2, 0.25) is 0 Å². The molecule has 0 aliphatic carbocycles. The summed E-state index contributed by atoms with van der Waals surface area (Å²) in [5.74, 6) is 0. The highest BCUT2D eigenvalue weighted by atomic mass is 14.5. The first-order chi connectivity index (χ1) is 4.93. The fourth-order valence-electron chi connectivity index (χ4n) is 0.841. The van der Waals surface area contributed by atoms with E-state index in [0.717, 1.165) is 19.4 Å². The van der Waals surface area contributed by atoms with Gasteiger partial charge in [0.1, 0.15) is 0 Å². The summed E-state index contributed by atoms with van der Waals surface area (Å²) in [6.07, 6.45) is 2.11. The van der Waals surface area contributed by atoms with Crippen LogP contribution in [-0.4, -0.2) is 6.54 Å². The molecule has 1 nitrogen and oxygen atoms in total. The lowest BCUT2D eigenvalue weighted by atomic mass is 10.1. The van der Waals surface area contributed by atoms with Gasteiger partial charge < -0.3 is 5.73 Å². The van der Waals surface area contributed by atoms with Gasteiger partial charge in [-0.05, 0) is 37.1 Å². The summed E-state index contributed by atoms with van der Waals surface area (Å²) in [5, 5.41) is 0. The zero-order chi connectivity index (χ0) is 7.23. The molecule has 0 amide bonds. The van der Waals surface area contributed by atoms with Crippen LogP contribution in [0.4, 0.5) is 0 Å². The SMILES string of the molecule is NCCCc1cc#ccc1. The third-order valence-corrected chi connectivity index (χ3v) is 1.39. The first-order valence-electron chi connectivity index (χ1n) is 3.50. The molecule has 2 N–H and O–H groups in total. The summed E-state index contributed by atoms with van der Waals surface area (Å²) in [7, 11) is 0. The largest absolute Gasteiger partial charge is 0.330 e. The highest BCUT2D eigenvalue weighted by Crippen LogP contribution is 1.97. The van der Waals surface area contributed by atoms with Crippen LogP contribution >= 0.6 is 0 Å². The smallest absolute Gasteiger partial charge is 0.00741 e. The van der Waals surface area contributed by atoms with Gasteiger partial charge in [0.05, 0.1) is 0 Å². The zero-order valence-electron chi connectivity index (χ0n) is 5.93. The molecule has 0 aromatic heterocycles. The van der Waals surface area contributed by atoms with Crippen LogP contribution in [0.5, 0.6) is 0 Å². The van der Waals surface area contributed by atoms with E-state index in [2.05, 4.69) is 12.1 Å². The number of rotatable bonds is 3. The predicted octanol–water partition coefficient (Wildman–Crippen LogP) is 1.18. The molecule has 52 valence electrons. The summed E-state index contributed by atoms with van der Waals surface area (Å²) in [6, 6.07) is 11.6. The molecule has 0 saturated carbocycles. The molecule has 1 aromatic rings. The van der Waals surface area contributed by atoms with Crippen LogP contribution in [0.15, 0.2) is 18.2 Å². The molecule has 0 atom stereocenters. The van der Waals surface area contributed by atoms with E-state index in [4.69, 9.17) is 5.73 Å². The second-order valence-electron chi connectivity index (χ2n) is 2.23. The highest BCUT2D eigenvalue weighted by Gasteiger charge is 1.87. The quantitative estimate of drug-likeness (QED) is 0.658. The Morgan fingerprint density at radius 2 is 2.30 bits per heavy atom. The molecule has 10 heavy (non-hydrogen) atoms. The maximum Gasteiger partial charge on any atom is -0.00741 e. The molecule has 0 saturated heterocycles. The minimum atomic E-state index is 0.763. The molecule has 0 unspecified atom stereocenters. The van der Waals surface area contributed by atoms with Gasteiger partial charge in [-0.15, -0.1) is 0 Å². The molecular formula is C9H11N. The average molecular weight is 133 g/mol. The zero-order valence-corrected chi connectivity index (χ0v) is 5.93. The fourth-order valence-corrected chi connectivity index (χ4v) is 0.841. The Hall–Kier alpha value is -1.00. The molecule has 0 fully saturated rings. The van der Waals surface area contributed by atoms with Crippen LogP contribution in [0, 0.1) is 12.1 Å². The van der Waals surface area contributed by atoms with Crippen molar-refractivity contribution < 1.29 is 0 Å². The van der Waals surface area contributed by atoms with Gasteiger partial charge in [0.25, 0.3) is 0 Å². The minimum absolute atomic E-state index is 0.763. The van der Waals surface area contributed by atoms with Crippen molar-refractivity contribution >= 4 is 0 Å². The Kier molecular flexibility index (Phi) is 2.79. The topological polar surface area (TPSA) is 26.0 Å². The standard InChI is InChI=1S/C9H11N/c10-8-4-7-9-5-2-1-3-6-9/h2,5-6H,4,7-8,10H2. The predicted molar refractivity (Wildman–Crippen MR) is 41.5 cm³/mol. The van der Waals surface area contributed by atoms with Crippen LogP contribution in [0.25, 0.3) is 0 Å². The molecule has 0 spiro atoms. The maximum atomic E-state index is 5.36. The molecule has 1 heteroatoms. The van der Waals surface area contributed by atoms with Crippen LogP contribution in [0.1, 0.15) is 12.0 Å². The molecule has 1 rings (SSSR count).